The highest BCUT2D eigenvalue weighted by molar-refractivity contribution is 6.23. The number of nitro benzene ring substituents is 1. The smallest absolute Gasteiger partial charge is 0.335 e. The molecule has 1 aliphatic rings. The molecule has 0 radical (unpaired) electrons. The lowest BCUT2D eigenvalue weighted by Crippen LogP contribution is -2.25. The van der Waals surface area contributed by atoms with Crippen LogP contribution in [0.3, 0.4) is 0 Å². The quantitative estimate of drug-likeness (QED) is 0.326. The van der Waals surface area contributed by atoms with Gasteiger partial charge in [-0.05, 0) is 73.0 Å². The van der Waals surface area contributed by atoms with Gasteiger partial charge in [0.2, 0.25) is 0 Å². The number of aryl methyl sites for hydroxylation is 2. The van der Waals surface area contributed by atoms with Crippen LogP contribution < -0.4 is 4.90 Å². The molecule has 7 nitrogen and oxygen atoms in total. The first kappa shape index (κ1) is 21.7. The van der Waals surface area contributed by atoms with E-state index < -0.39 is 10.9 Å². The maximum absolute atomic E-state index is 13.5. The van der Waals surface area contributed by atoms with E-state index in [4.69, 9.17) is 0 Å². The fourth-order valence-corrected chi connectivity index (χ4v) is 3.70. The molecular weight excluding hydrogens is 420 g/mol. The molecule has 3 aromatic carbocycles. The number of hydrogen-bond donors (Lipinski definition) is 1. The molecule has 0 unspecified atom stereocenters. The normalized spacial score (nSPS) is 14.5. The summed E-state index contributed by atoms with van der Waals surface area (Å²) >= 11 is 0. The van der Waals surface area contributed by atoms with E-state index in [1.54, 1.807) is 42.2 Å². The van der Waals surface area contributed by atoms with Crippen molar-refractivity contribution in [1.29, 1.82) is 0 Å². The molecule has 0 aromatic heterocycles. The van der Waals surface area contributed by atoms with Crippen molar-refractivity contribution >= 4 is 35.0 Å². The second kappa shape index (κ2) is 8.55. The largest absolute Gasteiger partial charge is 0.478 e. The third kappa shape index (κ3) is 4.29. The molecule has 0 atom stereocenters. The van der Waals surface area contributed by atoms with E-state index >= 15 is 0 Å². The molecular formula is C26H20N2O5. The fraction of sp³-hybridized carbons (Fsp3) is 0.0769. The zero-order valence-electron chi connectivity index (χ0n) is 18.0. The van der Waals surface area contributed by atoms with Crippen molar-refractivity contribution in [1.82, 2.24) is 0 Å². The SMILES string of the molecule is Cc1ccc(C2=C/C(=C\c3ccc([N+](=O)[O-])cc3)C(=O)N2c2ccc(C(=O)O)cc2C)cc1. The summed E-state index contributed by atoms with van der Waals surface area (Å²) in [6.45, 7) is 3.74. The lowest BCUT2D eigenvalue weighted by Gasteiger charge is -2.23. The number of anilines is 1. The van der Waals surface area contributed by atoms with Crippen LogP contribution in [0.4, 0.5) is 11.4 Å². The lowest BCUT2D eigenvalue weighted by molar-refractivity contribution is -0.384. The van der Waals surface area contributed by atoms with Crippen LogP contribution in [0.25, 0.3) is 11.8 Å². The Bertz CT molecular complexity index is 1340. The van der Waals surface area contributed by atoms with Gasteiger partial charge in [-0.15, -0.1) is 0 Å². The molecule has 1 heterocycles. The Hall–Kier alpha value is -4.52. The number of aromatic carboxylic acids is 1. The lowest BCUT2D eigenvalue weighted by atomic mass is 10.1. The highest BCUT2D eigenvalue weighted by Gasteiger charge is 2.31. The molecule has 1 N–H and O–H groups in total. The molecule has 0 saturated heterocycles. The number of carboxylic acid groups (broad SMARTS) is 1. The number of carbonyl (C=O) groups is 2. The van der Waals surface area contributed by atoms with Crippen LogP contribution in [0.2, 0.25) is 0 Å². The summed E-state index contributed by atoms with van der Waals surface area (Å²) in [6.07, 6.45) is 3.46. The van der Waals surface area contributed by atoms with E-state index in [-0.39, 0.29) is 17.2 Å². The van der Waals surface area contributed by atoms with Gasteiger partial charge in [0.15, 0.2) is 0 Å². The number of benzene rings is 3. The van der Waals surface area contributed by atoms with Gasteiger partial charge in [0.1, 0.15) is 0 Å². The van der Waals surface area contributed by atoms with Gasteiger partial charge in [-0.25, -0.2) is 4.79 Å². The molecule has 0 fully saturated rings. The summed E-state index contributed by atoms with van der Waals surface area (Å²) in [5.74, 6) is -1.31. The number of carboxylic acids is 1. The standard InChI is InChI=1S/C26H20N2O5/c1-16-3-7-19(8-4-16)24-15-21(14-18-5-10-22(11-6-18)28(32)33)25(29)27(24)23-12-9-20(26(30)31)13-17(23)2/h3-15H,1-2H3,(H,30,31)/b21-14+. The molecule has 33 heavy (non-hydrogen) atoms. The average Bonchev–Trinajstić information content (AvgIpc) is 3.10. The maximum Gasteiger partial charge on any atom is 0.335 e. The van der Waals surface area contributed by atoms with Crippen LogP contribution in [0, 0.1) is 24.0 Å². The van der Waals surface area contributed by atoms with Crippen LogP contribution in [0.15, 0.2) is 78.4 Å². The van der Waals surface area contributed by atoms with Crippen molar-refractivity contribution in [2.75, 3.05) is 4.90 Å². The highest BCUT2D eigenvalue weighted by atomic mass is 16.6. The van der Waals surface area contributed by atoms with E-state index in [0.29, 0.717) is 28.1 Å². The minimum Gasteiger partial charge on any atom is -0.478 e. The summed E-state index contributed by atoms with van der Waals surface area (Å²) in [4.78, 5) is 36.8. The van der Waals surface area contributed by atoms with Crippen molar-refractivity contribution in [3.63, 3.8) is 0 Å². The van der Waals surface area contributed by atoms with Crippen LogP contribution in [-0.2, 0) is 4.79 Å². The van der Waals surface area contributed by atoms with Gasteiger partial charge in [0.25, 0.3) is 11.6 Å². The molecule has 7 heteroatoms. The summed E-state index contributed by atoms with van der Waals surface area (Å²) in [5, 5.41) is 20.2. The van der Waals surface area contributed by atoms with Gasteiger partial charge in [-0.3, -0.25) is 19.8 Å². The molecule has 0 aliphatic carbocycles. The van der Waals surface area contributed by atoms with Crippen molar-refractivity contribution in [2.45, 2.75) is 13.8 Å². The molecule has 164 valence electrons. The van der Waals surface area contributed by atoms with E-state index in [9.17, 15) is 24.8 Å². The van der Waals surface area contributed by atoms with Crippen LogP contribution in [0.1, 0.15) is 32.6 Å². The molecule has 0 saturated carbocycles. The second-order valence-corrected chi connectivity index (χ2v) is 7.79. The van der Waals surface area contributed by atoms with E-state index in [1.807, 2.05) is 31.2 Å². The Balaban J connectivity index is 1.81. The molecule has 3 aromatic rings. The number of nitrogens with zero attached hydrogens (tertiary/aromatic N) is 2. The average molecular weight is 440 g/mol. The van der Waals surface area contributed by atoms with Gasteiger partial charge in [0.05, 0.1) is 21.9 Å². The number of carbonyl (C=O) groups excluding carboxylic acids is 1. The monoisotopic (exact) mass is 440 g/mol. The topological polar surface area (TPSA) is 101 Å². The number of non-ortho nitro benzene ring substituents is 1. The van der Waals surface area contributed by atoms with E-state index in [2.05, 4.69) is 0 Å². The number of amides is 1. The van der Waals surface area contributed by atoms with Crippen LogP contribution in [0.5, 0.6) is 0 Å². The molecule has 1 amide bonds. The number of nitro groups is 1. The van der Waals surface area contributed by atoms with Crippen LogP contribution in [-0.4, -0.2) is 21.9 Å². The Kier molecular flexibility index (Phi) is 5.62. The molecule has 1 aliphatic heterocycles. The first-order chi connectivity index (χ1) is 15.7. The first-order valence-corrected chi connectivity index (χ1v) is 10.2. The minimum atomic E-state index is -1.04. The number of rotatable bonds is 5. The van der Waals surface area contributed by atoms with Gasteiger partial charge in [0, 0.05) is 17.7 Å². The van der Waals surface area contributed by atoms with Gasteiger partial charge >= 0.3 is 5.97 Å². The van der Waals surface area contributed by atoms with Crippen molar-refractivity contribution in [3.05, 3.63) is 116 Å². The Morgan fingerprint density at radius 1 is 1.00 bits per heavy atom. The van der Waals surface area contributed by atoms with Gasteiger partial charge in [-0.1, -0.05) is 29.8 Å². The van der Waals surface area contributed by atoms with Crippen molar-refractivity contribution in [3.8, 4) is 0 Å². The molecule has 0 bridgehead atoms. The van der Waals surface area contributed by atoms with Crippen molar-refractivity contribution < 1.29 is 19.6 Å². The summed E-state index contributed by atoms with van der Waals surface area (Å²) in [7, 11) is 0. The Labute approximate surface area is 190 Å². The maximum atomic E-state index is 13.5. The van der Waals surface area contributed by atoms with E-state index in [1.165, 1.54) is 24.3 Å². The highest BCUT2D eigenvalue weighted by Crippen LogP contribution is 2.37. The zero-order chi connectivity index (χ0) is 23.7. The Morgan fingerprint density at radius 3 is 2.24 bits per heavy atom. The first-order valence-electron chi connectivity index (χ1n) is 10.2. The molecule has 0 spiro atoms. The summed E-state index contributed by atoms with van der Waals surface area (Å²) in [6, 6.07) is 18.4. The predicted octanol–water partition coefficient (Wildman–Crippen LogP) is 5.38. The predicted molar refractivity (Wildman–Crippen MR) is 126 cm³/mol. The zero-order valence-corrected chi connectivity index (χ0v) is 18.0. The Morgan fingerprint density at radius 2 is 1.67 bits per heavy atom. The fourth-order valence-electron chi connectivity index (χ4n) is 3.70. The second-order valence-electron chi connectivity index (χ2n) is 7.79. The summed E-state index contributed by atoms with van der Waals surface area (Å²) < 4.78 is 0. The van der Waals surface area contributed by atoms with Gasteiger partial charge in [-0.2, -0.15) is 0 Å². The number of hydrogen-bond acceptors (Lipinski definition) is 4. The van der Waals surface area contributed by atoms with Crippen molar-refractivity contribution in [2.24, 2.45) is 0 Å². The van der Waals surface area contributed by atoms with E-state index in [0.717, 1.165) is 11.1 Å². The molecule has 4 rings (SSSR count). The summed E-state index contributed by atoms with van der Waals surface area (Å²) in [5.41, 5.74) is 5.01. The van der Waals surface area contributed by atoms with Crippen LogP contribution >= 0.6 is 0 Å². The third-order valence-corrected chi connectivity index (χ3v) is 5.44. The third-order valence-electron chi connectivity index (χ3n) is 5.44. The van der Waals surface area contributed by atoms with Gasteiger partial charge < -0.3 is 5.11 Å². The minimum absolute atomic E-state index is 0.0263.